The minimum absolute atomic E-state index is 0.0932. The van der Waals surface area contributed by atoms with E-state index in [0.717, 1.165) is 5.56 Å². The standard InChI is InChI=1S/C15H23N3O3/c1-11-9-12(15(20)16-2)5-6-13(11)17-14(19)10-18(3)7-8-21-4/h5-6,9H,7-8,10H2,1-4H3,(H,16,20)(H,17,19). The predicted molar refractivity (Wildman–Crippen MR) is 82.6 cm³/mol. The number of carbonyl (C=O) groups excluding carboxylic acids is 2. The number of hydrogen-bond acceptors (Lipinski definition) is 4. The third kappa shape index (κ3) is 5.53. The van der Waals surface area contributed by atoms with Gasteiger partial charge in [-0.2, -0.15) is 0 Å². The van der Waals surface area contributed by atoms with E-state index in [1.807, 2.05) is 18.9 Å². The minimum atomic E-state index is -0.143. The summed E-state index contributed by atoms with van der Waals surface area (Å²) in [6, 6.07) is 5.19. The maximum atomic E-state index is 11.9. The third-order valence-corrected chi connectivity index (χ3v) is 3.08. The van der Waals surface area contributed by atoms with Crippen LogP contribution in [0.15, 0.2) is 18.2 Å². The molecule has 2 N–H and O–H groups in total. The zero-order valence-corrected chi connectivity index (χ0v) is 13.0. The topological polar surface area (TPSA) is 70.7 Å². The Morgan fingerprint density at radius 2 is 2.05 bits per heavy atom. The lowest BCUT2D eigenvalue weighted by molar-refractivity contribution is -0.117. The first-order chi connectivity index (χ1) is 9.97. The lowest BCUT2D eigenvalue weighted by atomic mass is 10.1. The van der Waals surface area contributed by atoms with Gasteiger partial charge in [-0.05, 0) is 37.7 Å². The highest BCUT2D eigenvalue weighted by atomic mass is 16.5. The number of anilines is 1. The van der Waals surface area contributed by atoms with E-state index >= 15 is 0 Å². The fourth-order valence-corrected chi connectivity index (χ4v) is 1.85. The van der Waals surface area contributed by atoms with Crippen molar-refractivity contribution in [3.8, 4) is 0 Å². The van der Waals surface area contributed by atoms with E-state index in [9.17, 15) is 9.59 Å². The summed E-state index contributed by atoms with van der Waals surface area (Å²) < 4.78 is 4.97. The number of amides is 2. The Balaban J connectivity index is 2.62. The summed E-state index contributed by atoms with van der Waals surface area (Å²) >= 11 is 0. The zero-order valence-electron chi connectivity index (χ0n) is 13.0. The molecule has 0 aliphatic heterocycles. The van der Waals surface area contributed by atoms with Gasteiger partial charge in [-0.15, -0.1) is 0 Å². The summed E-state index contributed by atoms with van der Waals surface area (Å²) in [6.07, 6.45) is 0. The summed E-state index contributed by atoms with van der Waals surface area (Å²) in [5, 5.41) is 5.42. The fraction of sp³-hybridized carbons (Fsp3) is 0.467. The van der Waals surface area contributed by atoms with Crippen molar-refractivity contribution in [1.82, 2.24) is 10.2 Å². The van der Waals surface area contributed by atoms with Crippen LogP contribution in [-0.2, 0) is 9.53 Å². The first-order valence-corrected chi connectivity index (χ1v) is 6.78. The van der Waals surface area contributed by atoms with Gasteiger partial charge >= 0.3 is 0 Å². The molecular weight excluding hydrogens is 270 g/mol. The van der Waals surface area contributed by atoms with Crippen molar-refractivity contribution >= 4 is 17.5 Å². The Labute approximate surface area is 125 Å². The van der Waals surface area contributed by atoms with E-state index < -0.39 is 0 Å². The van der Waals surface area contributed by atoms with E-state index in [2.05, 4.69) is 10.6 Å². The van der Waals surface area contributed by atoms with E-state index in [4.69, 9.17) is 4.74 Å². The molecule has 0 unspecified atom stereocenters. The lowest BCUT2D eigenvalue weighted by Gasteiger charge is -2.16. The number of rotatable bonds is 7. The largest absolute Gasteiger partial charge is 0.383 e. The molecule has 0 aliphatic carbocycles. The molecule has 21 heavy (non-hydrogen) atoms. The normalized spacial score (nSPS) is 10.5. The number of aryl methyl sites for hydroxylation is 1. The molecule has 1 aromatic rings. The SMILES string of the molecule is CNC(=O)c1ccc(NC(=O)CN(C)CCOC)c(C)c1. The second kappa shape index (κ2) is 8.39. The average molecular weight is 293 g/mol. The van der Waals surface area contributed by atoms with Crippen molar-refractivity contribution in [2.45, 2.75) is 6.92 Å². The molecule has 0 radical (unpaired) electrons. The van der Waals surface area contributed by atoms with Crippen molar-refractivity contribution < 1.29 is 14.3 Å². The molecule has 2 amide bonds. The number of methoxy groups -OCH3 is 1. The first kappa shape index (κ1) is 17.1. The number of nitrogens with one attached hydrogen (secondary N) is 2. The number of ether oxygens (including phenoxy) is 1. The Hall–Kier alpha value is -1.92. The quantitative estimate of drug-likeness (QED) is 0.782. The van der Waals surface area contributed by atoms with Crippen LogP contribution < -0.4 is 10.6 Å². The molecule has 1 aromatic carbocycles. The van der Waals surface area contributed by atoms with Gasteiger partial charge in [0.05, 0.1) is 13.2 Å². The zero-order chi connectivity index (χ0) is 15.8. The summed E-state index contributed by atoms with van der Waals surface area (Å²) in [4.78, 5) is 25.4. The molecule has 6 heteroatoms. The molecule has 0 aromatic heterocycles. The van der Waals surface area contributed by atoms with Gasteiger partial charge in [0, 0.05) is 32.0 Å². The minimum Gasteiger partial charge on any atom is -0.383 e. The van der Waals surface area contributed by atoms with Crippen LogP contribution in [0.25, 0.3) is 0 Å². The predicted octanol–water partition coefficient (Wildman–Crippen LogP) is 0.871. The number of nitrogens with zero attached hydrogens (tertiary/aromatic N) is 1. The molecule has 1 rings (SSSR count). The Bertz CT molecular complexity index is 503. The second-order valence-electron chi connectivity index (χ2n) is 4.89. The third-order valence-electron chi connectivity index (χ3n) is 3.08. The van der Waals surface area contributed by atoms with Gasteiger partial charge in [0.2, 0.25) is 5.91 Å². The molecular formula is C15H23N3O3. The fourth-order valence-electron chi connectivity index (χ4n) is 1.85. The maximum absolute atomic E-state index is 11.9. The van der Waals surface area contributed by atoms with Crippen LogP contribution in [0.5, 0.6) is 0 Å². The van der Waals surface area contributed by atoms with Crippen molar-refractivity contribution in [2.24, 2.45) is 0 Å². The van der Waals surface area contributed by atoms with Gasteiger partial charge < -0.3 is 15.4 Å². The number of carbonyl (C=O) groups is 2. The van der Waals surface area contributed by atoms with Crippen LogP contribution in [0.1, 0.15) is 15.9 Å². The van der Waals surface area contributed by atoms with Crippen molar-refractivity contribution in [3.63, 3.8) is 0 Å². The lowest BCUT2D eigenvalue weighted by Crippen LogP contribution is -2.32. The monoisotopic (exact) mass is 293 g/mol. The molecule has 6 nitrogen and oxygen atoms in total. The van der Waals surface area contributed by atoms with Crippen molar-refractivity contribution in [2.75, 3.05) is 46.2 Å². The van der Waals surface area contributed by atoms with E-state index in [1.165, 1.54) is 0 Å². The number of likely N-dealkylation sites (N-methyl/N-ethyl adjacent to an activating group) is 1. The highest BCUT2D eigenvalue weighted by Crippen LogP contribution is 2.16. The van der Waals surface area contributed by atoms with Crippen LogP contribution in [0.3, 0.4) is 0 Å². The van der Waals surface area contributed by atoms with Gasteiger partial charge in [0.15, 0.2) is 0 Å². The average Bonchev–Trinajstić information content (AvgIpc) is 2.46. The second-order valence-corrected chi connectivity index (χ2v) is 4.89. The molecule has 0 saturated carbocycles. The summed E-state index contributed by atoms with van der Waals surface area (Å²) in [6.45, 7) is 3.43. The molecule has 0 saturated heterocycles. The van der Waals surface area contributed by atoms with Gasteiger partial charge in [0.25, 0.3) is 5.91 Å². The van der Waals surface area contributed by atoms with Gasteiger partial charge in [-0.25, -0.2) is 0 Å². The Morgan fingerprint density at radius 1 is 1.33 bits per heavy atom. The van der Waals surface area contributed by atoms with Crippen LogP contribution in [0.4, 0.5) is 5.69 Å². The van der Waals surface area contributed by atoms with E-state index in [0.29, 0.717) is 30.9 Å². The summed E-state index contributed by atoms with van der Waals surface area (Å²) in [7, 11) is 5.08. The van der Waals surface area contributed by atoms with E-state index in [-0.39, 0.29) is 11.8 Å². The molecule has 0 spiro atoms. The molecule has 0 fully saturated rings. The summed E-state index contributed by atoms with van der Waals surface area (Å²) in [5.74, 6) is -0.236. The van der Waals surface area contributed by atoms with Crippen LogP contribution in [-0.4, -0.2) is 57.6 Å². The molecule has 0 atom stereocenters. The van der Waals surface area contributed by atoms with Gasteiger partial charge in [0.1, 0.15) is 0 Å². The smallest absolute Gasteiger partial charge is 0.251 e. The number of hydrogen-bond donors (Lipinski definition) is 2. The summed E-state index contributed by atoms with van der Waals surface area (Å²) in [5.41, 5.74) is 2.14. The first-order valence-electron chi connectivity index (χ1n) is 6.78. The molecule has 0 bridgehead atoms. The van der Waals surface area contributed by atoms with Crippen LogP contribution in [0, 0.1) is 6.92 Å². The molecule has 116 valence electrons. The van der Waals surface area contributed by atoms with Crippen LogP contribution in [0.2, 0.25) is 0 Å². The highest BCUT2D eigenvalue weighted by molar-refractivity contribution is 5.96. The molecule has 0 heterocycles. The molecule has 0 aliphatic rings. The van der Waals surface area contributed by atoms with E-state index in [1.54, 1.807) is 32.4 Å². The van der Waals surface area contributed by atoms with Crippen molar-refractivity contribution in [3.05, 3.63) is 29.3 Å². The van der Waals surface area contributed by atoms with Crippen molar-refractivity contribution in [1.29, 1.82) is 0 Å². The maximum Gasteiger partial charge on any atom is 0.251 e. The van der Waals surface area contributed by atoms with Gasteiger partial charge in [-0.3, -0.25) is 14.5 Å². The Kier molecular flexibility index (Phi) is 6.84. The van der Waals surface area contributed by atoms with Crippen LogP contribution >= 0.6 is 0 Å². The number of benzene rings is 1. The highest BCUT2D eigenvalue weighted by Gasteiger charge is 2.10. The van der Waals surface area contributed by atoms with Gasteiger partial charge in [-0.1, -0.05) is 0 Å². The Morgan fingerprint density at radius 3 is 2.62 bits per heavy atom.